The topological polar surface area (TPSA) is 26.3 Å². The summed E-state index contributed by atoms with van der Waals surface area (Å²) in [7, 11) is 0. The first kappa shape index (κ1) is 19.5. The average Bonchev–Trinajstić information content (AvgIpc) is 2.65. The van der Waals surface area contributed by atoms with Crippen LogP contribution < -0.4 is 4.74 Å². The summed E-state index contributed by atoms with van der Waals surface area (Å²) in [5.41, 5.74) is 8.64. The molecule has 0 aromatic heterocycles. The van der Waals surface area contributed by atoms with E-state index in [-0.39, 0.29) is 17.1 Å². The first-order valence-electron chi connectivity index (χ1n) is 10.6. The molecule has 0 saturated heterocycles. The summed E-state index contributed by atoms with van der Waals surface area (Å²) in [6, 6.07) is 0. The minimum atomic E-state index is -0.512. The van der Waals surface area contributed by atoms with Gasteiger partial charge in [-0.05, 0) is 93.7 Å². The van der Waals surface area contributed by atoms with E-state index in [0.29, 0.717) is 11.8 Å². The predicted octanol–water partition coefficient (Wildman–Crippen LogP) is 6.29. The van der Waals surface area contributed by atoms with E-state index in [1.807, 2.05) is 6.92 Å². The van der Waals surface area contributed by atoms with Gasteiger partial charge in [-0.3, -0.25) is 4.79 Å². The predicted molar refractivity (Wildman–Crippen MR) is 115 cm³/mol. The Balaban J connectivity index is 2.19. The highest BCUT2D eigenvalue weighted by Crippen LogP contribution is 2.67. The van der Waals surface area contributed by atoms with Gasteiger partial charge in [0.05, 0.1) is 0 Å². The summed E-state index contributed by atoms with van der Waals surface area (Å²) in [4.78, 5) is 13.4. The van der Waals surface area contributed by atoms with Crippen LogP contribution in [0.5, 0.6) is 5.75 Å². The van der Waals surface area contributed by atoms with Crippen LogP contribution in [0, 0.1) is 44.9 Å². The van der Waals surface area contributed by atoms with E-state index in [1.165, 1.54) is 27.8 Å². The maximum absolute atomic E-state index is 13.4. The van der Waals surface area contributed by atoms with Gasteiger partial charge in [-0.25, -0.2) is 0 Å². The third-order valence-corrected chi connectivity index (χ3v) is 9.11. The average molecular weight is 379 g/mol. The second kappa shape index (κ2) is 5.62. The SMILES string of the molecule is CC1=C(C)C2(C)Oc3c(C)c(C)c(C)c(C)c3C3C(C)C(C)C=C(C1=O)C32C. The Kier molecular flexibility index (Phi) is 3.91. The van der Waals surface area contributed by atoms with E-state index in [0.717, 1.165) is 22.5 Å². The van der Waals surface area contributed by atoms with Crippen molar-refractivity contribution in [3.63, 3.8) is 0 Å². The first-order valence-corrected chi connectivity index (χ1v) is 10.6. The van der Waals surface area contributed by atoms with Gasteiger partial charge in [-0.1, -0.05) is 26.8 Å². The van der Waals surface area contributed by atoms with Crippen molar-refractivity contribution in [1.82, 2.24) is 0 Å². The summed E-state index contributed by atoms with van der Waals surface area (Å²) >= 11 is 0. The van der Waals surface area contributed by atoms with Crippen molar-refractivity contribution in [2.75, 3.05) is 0 Å². The number of fused-ring (bicyclic) bond motifs is 2. The Hall–Kier alpha value is -1.83. The zero-order chi connectivity index (χ0) is 20.9. The van der Waals surface area contributed by atoms with Gasteiger partial charge in [-0.2, -0.15) is 0 Å². The molecule has 1 aromatic carbocycles. The molecule has 0 bridgehead atoms. The van der Waals surface area contributed by atoms with Crippen molar-refractivity contribution < 1.29 is 9.53 Å². The molecule has 0 amide bonds. The summed E-state index contributed by atoms with van der Waals surface area (Å²) in [6.45, 7) is 22.1. The largest absolute Gasteiger partial charge is 0.482 e. The molecule has 2 heteroatoms. The highest BCUT2D eigenvalue weighted by molar-refractivity contribution is 6.11. The lowest BCUT2D eigenvalue weighted by Crippen LogP contribution is -2.63. The molecule has 5 unspecified atom stereocenters. The van der Waals surface area contributed by atoms with Gasteiger partial charge in [0, 0.05) is 22.5 Å². The Bertz CT molecular complexity index is 992. The molecule has 2 nitrogen and oxygen atoms in total. The molecular formula is C26H34O2. The summed E-state index contributed by atoms with van der Waals surface area (Å²) in [5, 5.41) is 0. The Morgan fingerprint density at radius 3 is 2.07 bits per heavy atom. The van der Waals surface area contributed by atoms with Gasteiger partial charge in [-0.15, -0.1) is 0 Å². The van der Waals surface area contributed by atoms with Crippen LogP contribution in [0.1, 0.15) is 75.3 Å². The van der Waals surface area contributed by atoms with E-state index >= 15 is 0 Å². The first-order chi connectivity index (χ1) is 12.9. The minimum absolute atomic E-state index is 0.214. The molecule has 150 valence electrons. The monoisotopic (exact) mass is 378 g/mol. The number of allylic oxidation sites excluding steroid dienone is 2. The number of benzene rings is 1. The summed E-state index contributed by atoms with van der Waals surface area (Å²) < 4.78 is 6.97. The van der Waals surface area contributed by atoms with Crippen LogP contribution in [0.4, 0.5) is 0 Å². The van der Waals surface area contributed by atoms with Crippen LogP contribution in [0.2, 0.25) is 0 Å². The normalized spacial score (nSPS) is 36.6. The van der Waals surface area contributed by atoms with Gasteiger partial charge >= 0.3 is 0 Å². The van der Waals surface area contributed by atoms with Crippen molar-refractivity contribution in [3.8, 4) is 5.75 Å². The van der Waals surface area contributed by atoms with Gasteiger partial charge in [0.25, 0.3) is 0 Å². The van der Waals surface area contributed by atoms with Crippen molar-refractivity contribution in [2.24, 2.45) is 17.3 Å². The molecule has 4 rings (SSSR count). The highest BCUT2D eigenvalue weighted by Gasteiger charge is 2.65. The number of Topliss-reactive ketones (excluding diaryl/α,β-unsaturated/α-hetero) is 1. The third-order valence-electron chi connectivity index (χ3n) is 9.11. The van der Waals surface area contributed by atoms with E-state index < -0.39 is 5.60 Å². The number of ketones is 1. The van der Waals surface area contributed by atoms with Gasteiger partial charge in [0.1, 0.15) is 11.4 Å². The van der Waals surface area contributed by atoms with Crippen LogP contribution >= 0.6 is 0 Å². The zero-order valence-electron chi connectivity index (χ0n) is 19.1. The molecule has 0 N–H and O–H groups in total. The lowest BCUT2D eigenvalue weighted by Gasteiger charge is -2.62. The third kappa shape index (κ3) is 1.92. The Morgan fingerprint density at radius 1 is 0.893 bits per heavy atom. The molecule has 0 fully saturated rings. The summed E-state index contributed by atoms with van der Waals surface area (Å²) in [6.07, 6.45) is 2.25. The second-order valence-electron chi connectivity index (χ2n) is 9.94. The van der Waals surface area contributed by atoms with E-state index in [9.17, 15) is 4.79 Å². The fourth-order valence-electron chi connectivity index (χ4n) is 6.32. The van der Waals surface area contributed by atoms with Crippen molar-refractivity contribution in [1.29, 1.82) is 0 Å². The molecular weight excluding hydrogens is 344 g/mol. The molecule has 2 aliphatic carbocycles. The molecule has 1 aliphatic heterocycles. The highest BCUT2D eigenvalue weighted by atomic mass is 16.5. The van der Waals surface area contributed by atoms with E-state index in [4.69, 9.17) is 4.74 Å². The van der Waals surface area contributed by atoms with Crippen LogP contribution in [-0.2, 0) is 4.79 Å². The smallest absolute Gasteiger partial charge is 0.185 e. The van der Waals surface area contributed by atoms with Gasteiger partial charge < -0.3 is 4.74 Å². The lowest BCUT2D eigenvalue weighted by atomic mass is 9.46. The van der Waals surface area contributed by atoms with E-state index in [2.05, 4.69) is 68.4 Å². The van der Waals surface area contributed by atoms with Gasteiger partial charge in [0.2, 0.25) is 0 Å². The molecule has 0 spiro atoms. The Morgan fingerprint density at radius 2 is 1.46 bits per heavy atom. The standard InChI is InChI=1S/C26H34O2/c1-12-11-20-23(27)18(7)19(8)26(10)25(20,9)22(13(12)2)21-16(5)14(3)15(4)17(6)24(21)28-26/h11-13,22H,1-10H3. The van der Waals surface area contributed by atoms with E-state index in [1.54, 1.807) is 0 Å². The molecule has 0 radical (unpaired) electrons. The molecule has 1 heterocycles. The fraction of sp³-hybridized carbons (Fsp3) is 0.577. The zero-order valence-corrected chi connectivity index (χ0v) is 19.1. The summed E-state index contributed by atoms with van der Waals surface area (Å²) in [5.74, 6) is 2.34. The van der Waals surface area contributed by atoms with Crippen molar-refractivity contribution in [2.45, 2.75) is 80.8 Å². The number of hydrogen-bond donors (Lipinski definition) is 0. The molecule has 1 aromatic rings. The molecule has 28 heavy (non-hydrogen) atoms. The maximum Gasteiger partial charge on any atom is 0.185 e. The van der Waals surface area contributed by atoms with Crippen LogP contribution in [-0.4, -0.2) is 11.4 Å². The van der Waals surface area contributed by atoms with Crippen LogP contribution in [0.3, 0.4) is 0 Å². The molecule has 5 atom stereocenters. The lowest BCUT2D eigenvalue weighted by molar-refractivity contribution is -0.120. The quantitative estimate of drug-likeness (QED) is 0.530. The second-order valence-corrected chi connectivity index (χ2v) is 9.94. The minimum Gasteiger partial charge on any atom is -0.482 e. The van der Waals surface area contributed by atoms with Crippen molar-refractivity contribution >= 4 is 5.78 Å². The van der Waals surface area contributed by atoms with Crippen LogP contribution in [0.25, 0.3) is 0 Å². The molecule has 0 saturated carbocycles. The van der Waals surface area contributed by atoms with Crippen LogP contribution in [0.15, 0.2) is 22.8 Å². The number of carbonyl (C=O) groups is 1. The number of hydrogen-bond acceptors (Lipinski definition) is 2. The maximum atomic E-state index is 13.4. The Labute approximate surface area is 170 Å². The fourth-order valence-corrected chi connectivity index (χ4v) is 6.32. The van der Waals surface area contributed by atoms with Gasteiger partial charge in [0.15, 0.2) is 5.78 Å². The van der Waals surface area contributed by atoms with Crippen molar-refractivity contribution in [3.05, 3.63) is 50.6 Å². The number of rotatable bonds is 0. The number of carbonyl (C=O) groups excluding carboxylic acids is 1. The number of ether oxygens (including phenoxy) is 1. The molecule has 3 aliphatic rings.